The summed E-state index contributed by atoms with van der Waals surface area (Å²) in [6, 6.07) is 21.2. The first kappa shape index (κ1) is 18.7. The number of benzene rings is 2. The van der Waals surface area contributed by atoms with Crippen LogP contribution >= 0.6 is 11.6 Å². The van der Waals surface area contributed by atoms with E-state index in [0.29, 0.717) is 25.3 Å². The Morgan fingerprint density at radius 3 is 2.61 bits per heavy atom. The van der Waals surface area contributed by atoms with Crippen molar-refractivity contribution in [3.8, 4) is 0 Å². The molecule has 0 spiro atoms. The predicted octanol–water partition coefficient (Wildman–Crippen LogP) is 4.54. The largest absolute Gasteiger partial charge is 0.368 e. The first-order chi connectivity index (χ1) is 13.7. The van der Waals surface area contributed by atoms with Crippen molar-refractivity contribution in [1.82, 2.24) is 9.88 Å². The van der Waals surface area contributed by atoms with E-state index in [1.165, 1.54) is 0 Å². The number of carbonyl (C=O) groups is 1. The lowest BCUT2D eigenvalue weighted by molar-refractivity contribution is -0.0247. The van der Waals surface area contributed by atoms with Crippen molar-refractivity contribution in [2.24, 2.45) is 0 Å². The van der Waals surface area contributed by atoms with Gasteiger partial charge in [-0.15, -0.1) is 0 Å². The molecular formula is C23H21ClN2O2. The number of halogens is 1. The Balaban J connectivity index is 1.44. The molecule has 3 aromatic rings. The molecule has 1 aliphatic heterocycles. The number of aromatic nitrogens is 1. The van der Waals surface area contributed by atoms with E-state index in [-0.39, 0.29) is 12.0 Å². The Morgan fingerprint density at radius 1 is 1.07 bits per heavy atom. The van der Waals surface area contributed by atoms with Crippen LogP contribution in [0.5, 0.6) is 0 Å². The van der Waals surface area contributed by atoms with Gasteiger partial charge in [0.2, 0.25) is 0 Å². The molecule has 5 heteroatoms. The number of amides is 1. The molecule has 28 heavy (non-hydrogen) atoms. The van der Waals surface area contributed by atoms with Gasteiger partial charge in [-0.25, -0.2) is 0 Å². The van der Waals surface area contributed by atoms with Crippen molar-refractivity contribution in [3.05, 3.63) is 100 Å². The van der Waals surface area contributed by atoms with Gasteiger partial charge in [0.25, 0.3) is 5.91 Å². The fraction of sp³-hybridized carbons (Fsp3) is 0.217. The average Bonchev–Trinajstić information content (AvgIpc) is 2.76. The van der Waals surface area contributed by atoms with Crippen LogP contribution in [0, 0.1) is 0 Å². The van der Waals surface area contributed by atoms with Gasteiger partial charge in [0.15, 0.2) is 0 Å². The van der Waals surface area contributed by atoms with E-state index in [0.717, 1.165) is 28.3 Å². The summed E-state index contributed by atoms with van der Waals surface area (Å²) in [5.41, 5.74) is 3.71. The van der Waals surface area contributed by atoms with Crippen molar-refractivity contribution in [2.75, 3.05) is 19.7 Å². The second-order valence-electron chi connectivity index (χ2n) is 6.84. The van der Waals surface area contributed by atoms with Crippen LogP contribution < -0.4 is 0 Å². The number of morpholine rings is 1. The molecule has 0 bridgehead atoms. The highest BCUT2D eigenvalue weighted by Crippen LogP contribution is 2.23. The molecular weight excluding hydrogens is 372 g/mol. The third-order valence-corrected chi connectivity index (χ3v) is 5.27. The molecule has 1 fully saturated rings. The van der Waals surface area contributed by atoms with Gasteiger partial charge >= 0.3 is 0 Å². The zero-order chi connectivity index (χ0) is 19.3. The Bertz CT molecular complexity index is 944. The molecule has 0 unspecified atom stereocenters. The summed E-state index contributed by atoms with van der Waals surface area (Å²) in [4.78, 5) is 19.1. The van der Waals surface area contributed by atoms with E-state index in [4.69, 9.17) is 16.3 Å². The highest BCUT2D eigenvalue weighted by atomic mass is 35.5. The molecule has 1 saturated heterocycles. The van der Waals surface area contributed by atoms with E-state index in [1.807, 2.05) is 77.8 Å². The minimum Gasteiger partial charge on any atom is -0.368 e. The van der Waals surface area contributed by atoms with E-state index in [9.17, 15) is 4.79 Å². The molecule has 2 aromatic carbocycles. The summed E-state index contributed by atoms with van der Waals surface area (Å²) >= 11 is 6.25. The van der Waals surface area contributed by atoms with E-state index >= 15 is 0 Å². The second kappa shape index (κ2) is 8.55. The number of carbonyl (C=O) groups excluding carboxylic acids is 1. The van der Waals surface area contributed by atoms with Crippen molar-refractivity contribution in [2.45, 2.75) is 12.5 Å². The molecule has 0 N–H and O–H groups in total. The maximum absolute atomic E-state index is 12.7. The Kier molecular flexibility index (Phi) is 5.70. The maximum Gasteiger partial charge on any atom is 0.254 e. The third kappa shape index (κ3) is 4.24. The Labute approximate surface area is 169 Å². The SMILES string of the molecule is O=C(c1ccccc1)N1CCO[C@@H](c2ccc(Cc3ccccc3Cl)cn2)C1. The maximum atomic E-state index is 12.7. The van der Waals surface area contributed by atoms with Crippen molar-refractivity contribution in [3.63, 3.8) is 0 Å². The summed E-state index contributed by atoms with van der Waals surface area (Å²) < 4.78 is 5.88. The fourth-order valence-corrected chi connectivity index (χ4v) is 3.57. The van der Waals surface area contributed by atoms with Crippen LogP contribution in [0.4, 0.5) is 0 Å². The zero-order valence-electron chi connectivity index (χ0n) is 15.4. The molecule has 1 aromatic heterocycles. The van der Waals surface area contributed by atoms with Gasteiger partial charge in [-0.05, 0) is 35.4 Å². The van der Waals surface area contributed by atoms with Crippen LogP contribution in [0.25, 0.3) is 0 Å². The summed E-state index contributed by atoms with van der Waals surface area (Å²) in [6.07, 6.45) is 2.38. The van der Waals surface area contributed by atoms with Crippen molar-refractivity contribution in [1.29, 1.82) is 0 Å². The molecule has 1 aliphatic rings. The molecule has 0 radical (unpaired) electrons. The fourth-order valence-electron chi connectivity index (χ4n) is 3.37. The van der Waals surface area contributed by atoms with Crippen LogP contribution in [-0.4, -0.2) is 35.5 Å². The lowest BCUT2D eigenvalue weighted by Gasteiger charge is -2.32. The number of rotatable bonds is 4. The zero-order valence-corrected chi connectivity index (χ0v) is 16.2. The van der Waals surface area contributed by atoms with Gasteiger partial charge in [0.05, 0.1) is 18.8 Å². The number of ether oxygens (including phenoxy) is 1. The summed E-state index contributed by atoms with van der Waals surface area (Å²) in [5, 5.41) is 0.761. The van der Waals surface area contributed by atoms with E-state index in [1.54, 1.807) is 0 Å². The van der Waals surface area contributed by atoms with Gasteiger partial charge in [-0.3, -0.25) is 9.78 Å². The molecule has 1 atom stereocenters. The highest BCUT2D eigenvalue weighted by Gasteiger charge is 2.26. The molecule has 0 saturated carbocycles. The normalized spacial score (nSPS) is 16.8. The van der Waals surface area contributed by atoms with Crippen LogP contribution in [0.3, 0.4) is 0 Å². The number of hydrogen-bond acceptors (Lipinski definition) is 3. The van der Waals surface area contributed by atoms with E-state index in [2.05, 4.69) is 4.98 Å². The van der Waals surface area contributed by atoms with Crippen molar-refractivity contribution < 1.29 is 9.53 Å². The average molecular weight is 393 g/mol. The lowest BCUT2D eigenvalue weighted by atomic mass is 10.1. The smallest absolute Gasteiger partial charge is 0.254 e. The standard InChI is InChI=1S/C23H21ClN2O2/c24-20-9-5-4-8-19(20)14-17-10-11-21(25-15-17)22-16-26(12-13-28-22)23(27)18-6-2-1-3-7-18/h1-11,15,22H,12-14,16H2/t22-/m1/s1. The molecule has 0 aliphatic carbocycles. The number of hydrogen-bond donors (Lipinski definition) is 0. The Hall–Kier alpha value is -2.69. The van der Waals surface area contributed by atoms with Crippen LogP contribution in [0.1, 0.15) is 33.3 Å². The topological polar surface area (TPSA) is 42.4 Å². The van der Waals surface area contributed by atoms with E-state index < -0.39 is 0 Å². The summed E-state index contributed by atoms with van der Waals surface area (Å²) in [5.74, 6) is 0.0317. The van der Waals surface area contributed by atoms with Gasteiger partial charge < -0.3 is 9.64 Å². The summed E-state index contributed by atoms with van der Waals surface area (Å²) in [6.45, 7) is 1.60. The molecule has 4 rings (SSSR count). The number of nitrogens with zero attached hydrogens (tertiary/aromatic N) is 2. The van der Waals surface area contributed by atoms with Gasteiger partial charge in [0, 0.05) is 29.7 Å². The van der Waals surface area contributed by atoms with Crippen LogP contribution in [0.15, 0.2) is 72.9 Å². The highest BCUT2D eigenvalue weighted by molar-refractivity contribution is 6.31. The van der Waals surface area contributed by atoms with Crippen molar-refractivity contribution >= 4 is 17.5 Å². The molecule has 142 valence electrons. The van der Waals surface area contributed by atoms with Crippen LogP contribution in [0.2, 0.25) is 5.02 Å². The third-order valence-electron chi connectivity index (χ3n) is 4.90. The van der Waals surface area contributed by atoms with Crippen LogP contribution in [-0.2, 0) is 11.2 Å². The first-order valence-corrected chi connectivity index (χ1v) is 9.72. The molecule has 4 nitrogen and oxygen atoms in total. The van der Waals surface area contributed by atoms with Gasteiger partial charge in [-0.1, -0.05) is 54.1 Å². The first-order valence-electron chi connectivity index (χ1n) is 9.35. The van der Waals surface area contributed by atoms with Gasteiger partial charge in [0.1, 0.15) is 6.10 Å². The quantitative estimate of drug-likeness (QED) is 0.654. The van der Waals surface area contributed by atoms with Gasteiger partial charge in [-0.2, -0.15) is 0 Å². The minimum absolute atomic E-state index is 0.0317. The number of pyridine rings is 1. The molecule has 2 heterocycles. The molecule has 1 amide bonds. The predicted molar refractivity (Wildman–Crippen MR) is 110 cm³/mol. The summed E-state index contributed by atoms with van der Waals surface area (Å²) in [7, 11) is 0. The Morgan fingerprint density at radius 2 is 1.86 bits per heavy atom. The lowest BCUT2D eigenvalue weighted by Crippen LogP contribution is -2.42. The second-order valence-corrected chi connectivity index (χ2v) is 7.24. The minimum atomic E-state index is -0.212. The monoisotopic (exact) mass is 392 g/mol.